The van der Waals surface area contributed by atoms with Crippen LogP contribution in [0.15, 0.2) is 60.3 Å². The molecule has 134 valence electrons. The second kappa shape index (κ2) is 8.96. The molecule has 3 nitrogen and oxygen atoms in total. The molecule has 0 saturated heterocycles. The predicted octanol–water partition coefficient (Wildman–Crippen LogP) is 6.31. The summed E-state index contributed by atoms with van der Waals surface area (Å²) in [4.78, 5) is 0. The van der Waals surface area contributed by atoms with E-state index in [0.717, 1.165) is 22.1 Å². The Morgan fingerprint density at radius 2 is 1.69 bits per heavy atom. The fraction of sp³-hybridized carbons (Fsp3) is 0.158. The first-order valence-corrected chi connectivity index (χ1v) is 10.0. The minimum Gasteiger partial charge on any atom is -0.302 e. The summed E-state index contributed by atoms with van der Waals surface area (Å²) in [5, 5.41) is 11.5. The molecule has 0 radical (unpaired) electrons. The fourth-order valence-electron chi connectivity index (χ4n) is 2.46. The van der Waals surface area contributed by atoms with Crippen LogP contribution < -0.4 is 0 Å². The third kappa shape index (κ3) is 4.63. The van der Waals surface area contributed by atoms with Crippen molar-refractivity contribution in [3.8, 4) is 0 Å². The van der Waals surface area contributed by atoms with E-state index < -0.39 is 0 Å². The molecule has 7 heteroatoms. The van der Waals surface area contributed by atoms with E-state index in [1.54, 1.807) is 11.8 Å². The molecule has 2 aromatic carbocycles. The number of hydrogen-bond donors (Lipinski definition) is 0. The molecule has 0 N–H and O–H groups in total. The number of benzene rings is 2. The van der Waals surface area contributed by atoms with Gasteiger partial charge in [0.15, 0.2) is 5.16 Å². The highest BCUT2D eigenvalue weighted by atomic mass is 35.5. The summed E-state index contributed by atoms with van der Waals surface area (Å²) in [7, 11) is 0. The summed E-state index contributed by atoms with van der Waals surface area (Å²) < 4.78 is 2.05. The average molecular weight is 425 g/mol. The average Bonchev–Trinajstić information content (AvgIpc) is 2.99. The Morgan fingerprint density at radius 3 is 2.35 bits per heavy atom. The van der Waals surface area contributed by atoms with Crippen molar-refractivity contribution in [2.24, 2.45) is 0 Å². The van der Waals surface area contributed by atoms with Crippen LogP contribution in [0.5, 0.6) is 0 Å². The van der Waals surface area contributed by atoms with E-state index in [9.17, 15) is 0 Å². The highest BCUT2D eigenvalue weighted by Crippen LogP contribution is 2.31. The van der Waals surface area contributed by atoms with Gasteiger partial charge in [-0.1, -0.05) is 70.8 Å². The van der Waals surface area contributed by atoms with Gasteiger partial charge < -0.3 is 4.57 Å². The molecule has 1 heterocycles. The highest BCUT2D eigenvalue weighted by Gasteiger charge is 2.14. The Hall–Kier alpha value is -1.46. The van der Waals surface area contributed by atoms with Gasteiger partial charge in [-0.05, 0) is 35.4 Å². The molecule has 0 unspecified atom stereocenters. The van der Waals surface area contributed by atoms with Gasteiger partial charge in [-0.15, -0.1) is 16.8 Å². The zero-order valence-electron chi connectivity index (χ0n) is 13.8. The van der Waals surface area contributed by atoms with Crippen LogP contribution in [-0.4, -0.2) is 14.8 Å². The SMILES string of the molecule is C=CCn1c(Cc2ccc(Cl)cc2)nnc1SCc1c(Cl)cccc1Cl. The number of thioether (sulfide) groups is 1. The Balaban J connectivity index is 1.80. The smallest absolute Gasteiger partial charge is 0.191 e. The van der Waals surface area contributed by atoms with Crippen LogP contribution >= 0.6 is 46.6 Å². The zero-order valence-corrected chi connectivity index (χ0v) is 16.9. The van der Waals surface area contributed by atoms with Crippen LogP contribution in [0, 0.1) is 0 Å². The molecule has 0 amide bonds. The lowest BCUT2D eigenvalue weighted by atomic mass is 10.1. The highest BCUT2D eigenvalue weighted by molar-refractivity contribution is 7.98. The molecule has 0 spiro atoms. The largest absolute Gasteiger partial charge is 0.302 e. The molecule has 0 atom stereocenters. The summed E-state index contributed by atoms with van der Waals surface area (Å²) >= 11 is 20.0. The summed E-state index contributed by atoms with van der Waals surface area (Å²) in [5.74, 6) is 1.49. The number of nitrogens with zero attached hydrogens (tertiary/aromatic N) is 3. The van der Waals surface area contributed by atoms with Crippen molar-refractivity contribution >= 4 is 46.6 Å². The van der Waals surface area contributed by atoms with E-state index >= 15 is 0 Å². The zero-order chi connectivity index (χ0) is 18.5. The maximum atomic E-state index is 6.25. The molecule has 0 saturated carbocycles. The van der Waals surface area contributed by atoms with Crippen LogP contribution in [0.2, 0.25) is 15.1 Å². The summed E-state index contributed by atoms with van der Waals surface area (Å²) in [6, 6.07) is 13.2. The van der Waals surface area contributed by atoms with Crippen molar-refractivity contribution in [2.75, 3.05) is 0 Å². The first-order chi connectivity index (χ1) is 12.6. The summed E-state index contributed by atoms with van der Waals surface area (Å²) in [5.41, 5.74) is 2.02. The van der Waals surface area contributed by atoms with E-state index in [-0.39, 0.29) is 0 Å². The maximum absolute atomic E-state index is 6.25. The topological polar surface area (TPSA) is 30.7 Å². The predicted molar refractivity (Wildman–Crippen MR) is 111 cm³/mol. The number of aromatic nitrogens is 3. The van der Waals surface area contributed by atoms with Crippen LogP contribution in [-0.2, 0) is 18.7 Å². The number of rotatable bonds is 7. The lowest BCUT2D eigenvalue weighted by Crippen LogP contribution is -2.05. The van der Waals surface area contributed by atoms with Crippen molar-refractivity contribution in [2.45, 2.75) is 23.9 Å². The second-order valence-corrected chi connectivity index (χ2v) is 7.78. The molecular formula is C19H16Cl3N3S. The van der Waals surface area contributed by atoms with Gasteiger partial charge in [-0.2, -0.15) is 0 Å². The fourth-order valence-corrected chi connectivity index (χ4v) is 4.30. The van der Waals surface area contributed by atoms with Gasteiger partial charge in [0.2, 0.25) is 0 Å². The molecule has 0 aliphatic carbocycles. The Bertz CT molecular complexity index is 887. The van der Waals surface area contributed by atoms with Crippen LogP contribution in [0.1, 0.15) is 17.0 Å². The minimum absolute atomic E-state index is 0.620. The molecule has 3 aromatic rings. The minimum atomic E-state index is 0.620. The maximum Gasteiger partial charge on any atom is 0.191 e. The molecule has 0 fully saturated rings. The van der Waals surface area contributed by atoms with Crippen LogP contribution in [0.25, 0.3) is 0 Å². The Labute approximate surface area is 172 Å². The van der Waals surface area contributed by atoms with Gasteiger partial charge >= 0.3 is 0 Å². The number of allylic oxidation sites excluding steroid dienone is 1. The number of hydrogen-bond acceptors (Lipinski definition) is 3. The number of halogens is 3. The Kier molecular flexibility index (Phi) is 6.65. The monoisotopic (exact) mass is 423 g/mol. The molecule has 0 aliphatic rings. The van der Waals surface area contributed by atoms with Gasteiger partial charge in [0.25, 0.3) is 0 Å². The molecule has 26 heavy (non-hydrogen) atoms. The molecular weight excluding hydrogens is 409 g/mol. The first-order valence-electron chi connectivity index (χ1n) is 7.91. The lowest BCUT2D eigenvalue weighted by Gasteiger charge is -2.09. The summed E-state index contributed by atoms with van der Waals surface area (Å²) in [6.07, 6.45) is 2.51. The third-order valence-corrected chi connectivity index (χ3v) is 5.74. The standard InChI is InChI=1S/C19H16Cl3N3S/c1-2-10-25-18(11-13-6-8-14(20)9-7-13)23-24-19(25)26-12-15-16(21)4-3-5-17(15)22/h2-9H,1,10-12H2. The van der Waals surface area contributed by atoms with E-state index in [1.807, 2.05) is 48.5 Å². The summed E-state index contributed by atoms with van der Waals surface area (Å²) in [6.45, 7) is 4.47. The van der Waals surface area contributed by atoms with Crippen molar-refractivity contribution in [1.82, 2.24) is 14.8 Å². The van der Waals surface area contributed by atoms with Gasteiger partial charge in [-0.25, -0.2) is 0 Å². The second-order valence-electron chi connectivity index (χ2n) is 5.59. The van der Waals surface area contributed by atoms with E-state index in [0.29, 0.717) is 33.8 Å². The van der Waals surface area contributed by atoms with Gasteiger partial charge in [0.05, 0.1) is 0 Å². The third-order valence-electron chi connectivity index (χ3n) is 3.79. The van der Waals surface area contributed by atoms with E-state index in [1.165, 1.54) is 0 Å². The molecule has 1 aromatic heterocycles. The van der Waals surface area contributed by atoms with Gasteiger partial charge in [-0.3, -0.25) is 0 Å². The lowest BCUT2D eigenvalue weighted by molar-refractivity contribution is 0.690. The Morgan fingerprint density at radius 1 is 1.00 bits per heavy atom. The van der Waals surface area contributed by atoms with E-state index in [4.69, 9.17) is 34.8 Å². The first kappa shape index (κ1) is 19.3. The molecule has 3 rings (SSSR count). The van der Waals surface area contributed by atoms with Gasteiger partial charge in [0, 0.05) is 33.8 Å². The normalized spacial score (nSPS) is 10.9. The van der Waals surface area contributed by atoms with Gasteiger partial charge in [0.1, 0.15) is 5.82 Å². The molecule has 0 aliphatic heterocycles. The van der Waals surface area contributed by atoms with Crippen molar-refractivity contribution in [3.05, 3.63) is 87.1 Å². The van der Waals surface area contributed by atoms with E-state index in [2.05, 4.69) is 21.3 Å². The van der Waals surface area contributed by atoms with Crippen LogP contribution in [0.4, 0.5) is 0 Å². The van der Waals surface area contributed by atoms with Crippen molar-refractivity contribution < 1.29 is 0 Å². The quantitative estimate of drug-likeness (QED) is 0.329. The van der Waals surface area contributed by atoms with Crippen LogP contribution in [0.3, 0.4) is 0 Å². The van der Waals surface area contributed by atoms with Crippen molar-refractivity contribution in [1.29, 1.82) is 0 Å². The molecule has 0 bridgehead atoms. The van der Waals surface area contributed by atoms with Crippen molar-refractivity contribution in [3.63, 3.8) is 0 Å².